The van der Waals surface area contributed by atoms with Crippen molar-refractivity contribution in [2.45, 2.75) is 18.9 Å². The number of fused-ring (bicyclic) bond motifs is 2. The highest BCUT2D eigenvalue weighted by Crippen LogP contribution is 2.60. The Morgan fingerprint density at radius 1 is 1.27 bits per heavy atom. The summed E-state index contributed by atoms with van der Waals surface area (Å²) in [4.78, 5) is 2.50. The standard InChI is InChI=1S/C19H22N2O/c1-2-4-18-17(3-1)21(9-10-22-18)16-7-5-14(6-8-16)19-11-15(19)12-20-13-19/h1-7,15-16,20H,8-13H2. The molecule has 4 aliphatic rings. The molecule has 3 nitrogen and oxygen atoms in total. The van der Waals surface area contributed by atoms with Crippen LogP contribution in [0.5, 0.6) is 5.75 Å². The lowest BCUT2D eigenvalue weighted by Gasteiger charge is -2.37. The van der Waals surface area contributed by atoms with Gasteiger partial charge in [-0.05, 0) is 43.0 Å². The molecule has 0 radical (unpaired) electrons. The lowest BCUT2D eigenvalue weighted by atomic mass is 9.88. The van der Waals surface area contributed by atoms with Gasteiger partial charge in [-0.3, -0.25) is 0 Å². The monoisotopic (exact) mass is 294 g/mol. The van der Waals surface area contributed by atoms with Gasteiger partial charge in [-0.1, -0.05) is 30.4 Å². The summed E-state index contributed by atoms with van der Waals surface area (Å²) < 4.78 is 5.78. The number of allylic oxidation sites excluding steroid dienone is 1. The van der Waals surface area contributed by atoms with Gasteiger partial charge in [0.1, 0.15) is 12.4 Å². The summed E-state index contributed by atoms with van der Waals surface area (Å²) in [5.74, 6) is 1.92. The number of rotatable bonds is 2. The van der Waals surface area contributed by atoms with Crippen LogP contribution in [0.3, 0.4) is 0 Å². The van der Waals surface area contributed by atoms with Crippen molar-refractivity contribution < 1.29 is 4.74 Å². The van der Waals surface area contributed by atoms with E-state index in [-0.39, 0.29) is 0 Å². The second-order valence-corrected chi connectivity index (χ2v) is 7.02. The molecule has 2 heterocycles. The Balaban J connectivity index is 1.37. The smallest absolute Gasteiger partial charge is 0.142 e. The molecule has 0 aromatic heterocycles. The van der Waals surface area contributed by atoms with E-state index in [2.05, 4.69) is 52.7 Å². The number of hydrogen-bond acceptors (Lipinski definition) is 3. The van der Waals surface area contributed by atoms with Gasteiger partial charge >= 0.3 is 0 Å². The van der Waals surface area contributed by atoms with E-state index in [9.17, 15) is 0 Å². The van der Waals surface area contributed by atoms with E-state index in [1.165, 1.54) is 25.2 Å². The highest BCUT2D eigenvalue weighted by molar-refractivity contribution is 5.61. The van der Waals surface area contributed by atoms with Crippen molar-refractivity contribution in [3.05, 3.63) is 48.1 Å². The van der Waals surface area contributed by atoms with Gasteiger partial charge in [0.25, 0.3) is 0 Å². The number of piperidine rings is 1. The number of nitrogens with zero attached hydrogens (tertiary/aromatic N) is 1. The molecule has 5 rings (SSSR count). The number of nitrogens with one attached hydrogen (secondary N) is 1. The Labute approximate surface area is 131 Å². The predicted octanol–water partition coefficient (Wildman–Crippen LogP) is 2.75. The Bertz CT molecular complexity index is 665. The molecule has 0 amide bonds. The first-order valence-electron chi connectivity index (χ1n) is 8.45. The van der Waals surface area contributed by atoms with Crippen LogP contribution in [0.1, 0.15) is 12.8 Å². The molecule has 1 saturated heterocycles. The van der Waals surface area contributed by atoms with E-state index in [4.69, 9.17) is 4.74 Å². The minimum absolute atomic E-state index is 0.469. The van der Waals surface area contributed by atoms with Crippen molar-refractivity contribution in [2.24, 2.45) is 11.3 Å². The first-order chi connectivity index (χ1) is 10.9. The minimum Gasteiger partial charge on any atom is -0.490 e. The Morgan fingerprint density at radius 2 is 2.23 bits per heavy atom. The van der Waals surface area contributed by atoms with Gasteiger partial charge in [0.05, 0.1) is 18.3 Å². The topological polar surface area (TPSA) is 24.5 Å². The summed E-state index contributed by atoms with van der Waals surface area (Å²) in [6.45, 7) is 4.16. The Hall–Kier alpha value is -1.74. The normalized spacial score (nSPS) is 35.5. The van der Waals surface area contributed by atoms with Crippen LogP contribution in [0, 0.1) is 11.3 Å². The fourth-order valence-corrected chi connectivity index (χ4v) is 4.53. The molecule has 0 bridgehead atoms. The molecule has 22 heavy (non-hydrogen) atoms. The van der Waals surface area contributed by atoms with E-state index < -0.39 is 0 Å². The summed E-state index contributed by atoms with van der Waals surface area (Å²) in [6.07, 6.45) is 9.82. The molecule has 1 N–H and O–H groups in total. The van der Waals surface area contributed by atoms with Crippen molar-refractivity contribution in [1.82, 2.24) is 5.32 Å². The highest BCUT2D eigenvalue weighted by Gasteiger charge is 2.58. The third-order valence-corrected chi connectivity index (χ3v) is 5.88. The van der Waals surface area contributed by atoms with Crippen LogP contribution >= 0.6 is 0 Å². The summed E-state index contributed by atoms with van der Waals surface area (Å²) in [5, 5.41) is 3.55. The van der Waals surface area contributed by atoms with Gasteiger partial charge in [-0.25, -0.2) is 0 Å². The maximum Gasteiger partial charge on any atom is 0.142 e. The van der Waals surface area contributed by atoms with Crippen molar-refractivity contribution in [3.8, 4) is 5.75 Å². The Morgan fingerprint density at radius 3 is 3.00 bits per heavy atom. The molecule has 3 atom stereocenters. The summed E-state index contributed by atoms with van der Waals surface area (Å²) in [5.41, 5.74) is 3.32. The molecule has 1 aromatic rings. The summed E-state index contributed by atoms with van der Waals surface area (Å²) in [7, 11) is 0. The molecule has 114 valence electrons. The van der Waals surface area contributed by atoms with Gasteiger partial charge in [-0.15, -0.1) is 0 Å². The zero-order valence-corrected chi connectivity index (χ0v) is 12.8. The third-order valence-electron chi connectivity index (χ3n) is 5.88. The molecule has 3 unspecified atom stereocenters. The second kappa shape index (κ2) is 4.63. The van der Waals surface area contributed by atoms with E-state index in [0.717, 1.165) is 31.2 Å². The zero-order chi connectivity index (χ0) is 14.6. The van der Waals surface area contributed by atoms with Gasteiger partial charge in [0.2, 0.25) is 0 Å². The zero-order valence-electron chi connectivity index (χ0n) is 12.8. The third kappa shape index (κ3) is 1.78. The number of ether oxygens (including phenoxy) is 1. The first-order valence-corrected chi connectivity index (χ1v) is 8.45. The van der Waals surface area contributed by atoms with E-state index in [0.29, 0.717) is 11.5 Å². The lowest BCUT2D eigenvalue weighted by Crippen LogP contribution is -2.40. The Kier molecular flexibility index (Phi) is 2.68. The molecular formula is C19H22N2O. The van der Waals surface area contributed by atoms with Gasteiger partial charge < -0.3 is 15.0 Å². The van der Waals surface area contributed by atoms with Crippen LogP contribution in [-0.4, -0.2) is 32.3 Å². The molecule has 1 saturated carbocycles. The van der Waals surface area contributed by atoms with E-state index in [1.807, 2.05) is 0 Å². The molecule has 2 aliphatic heterocycles. The van der Waals surface area contributed by atoms with Crippen LogP contribution in [0.25, 0.3) is 0 Å². The maximum absolute atomic E-state index is 5.78. The maximum atomic E-state index is 5.78. The molecule has 0 spiro atoms. The van der Waals surface area contributed by atoms with Gasteiger partial charge in [-0.2, -0.15) is 0 Å². The average molecular weight is 294 g/mol. The quantitative estimate of drug-likeness (QED) is 0.908. The molecule has 2 fully saturated rings. The van der Waals surface area contributed by atoms with Crippen LogP contribution in [-0.2, 0) is 0 Å². The second-order valence-electron chi connectivity index (χ2n) is 7.02. The SMILES string of the molecule is C1=CC(N2CCOc3ccccc32)CC=C1C12CNCC1C2. The van der Waals surface area contributed by atoms with E-state index >= 15 is 0 Å². The fourth-order valence-electron chi connectivity index (χ4n) is 4.53. The molecule has 2 aliphatic carbocycles. The van der Waals surface area contributed by atoms with E-state index in [1.54, 1.807) is 5.57 Å². The van der Waals surface area contributed by atoms with Crippen LogP contribution in [0.4, 0.5) is 5.69 Å². The molecular weight excluding hydrogens is 272 g/mol. The van der Waals surface area contributed by atoms with Crippen molar-refractivity contribution in [3.63, 3.8) is 0 Å². The number of anilines is 1. The van der Waals surface area contributed by atoms with Crippen LogP contribution < -0.4 is 15.0 Å². The minimum atomic E-state index is 0.469. The van der Waals surface area contributed by atoms with Crippen molar-refractivity contribution >= 4 is 5.69 Å². The predicted molar refractivity (Wildman–Crippen MR) is 88.3 cm³/mol. The fraction of sp³-hybridized carbons (Fsp3) is 0.474. The first kappa shape index (κ1) is 12.8. The summed E-state index contributed by atoms with van der Waals surface area (Å²) >= 11 is 0. The molecule has 3 heteroatoms. The van der Waals surface area contributed by atoms with Crippen molar-refractivity contribution in [2.75, 3.05) is 31.1 Å². The lowest BCUT2D eigenvalue weighted by molar-refractivity contribution is 0.303. The number of benzene rings is 1. The average Bonchev–Trinajstić information content (AvgIpc) is 3.16. The van der Waals surface area contributed by atoms with Gasteiger partial charge in [0.15, 0.2) is 0 Å². The van der Waals surface area contributed by atoms with Crippen LogP contribution in [0.15, 0.2) is 48.1 Å². The number of hydrogen-bond donors (Lipinski definition) is 1. The number of para-hydroxylation sites is 2. The van der Waals surface area contributed by atoms with Gasteiger partial charge in [0, 0.05) is 12.0 Å². The highest BCUT2D eigenvalue weighted by atomic mass is 16.5. The van der Waals surface area contributed by atoms with Crippen molar-refractivity contribution in [1.29, 1.82) is 0 Å². The largest absolute Gasteiger partial charge is 0.490 e. The molecule has 1 aromatic carbocycles. The summed E-state index contributed by atoms with van der Waals surface area (Å²) in [6, 6.07) is 8.88. The van der Waals surface area contributed by atoms with Crippen LogP contribution in [0.2, 0.25) is 0 Å².